The van der Waals surface area contributed by atoms with Crippen LogP contribution in [0.3, 0.4) is 0 Å². The van der Waals surface area contributed by atoms with E-state index in [1.807, 2.05) is 0 Å². The van der Waals surface area contributed by atoms with Crippen molar-refractivity contribution in [2.45, 2.75) is 0 Å². The summed E-state index contributed by atoms with van der Waals surface area (Å²) in [6, 6.07) is 60.0. The van der Waals surface area contributed by atoms with Crippen LogP contribution in [0.5, 0.6) is 0 Å². The highest BCUT2D eigenvalue weighted by Crippen LogP contribution is 2.38. The summed E-state index contributed by atoms with van der Waals surface area (Å²) in [5.74, 6) is 0. The van der Waals surface area contributed by atoms with Crippen molar-refractivity contribution < 1.29 is 0 Å². The number of fused-ring (bicyclic) bond motifs is 6. The summed E-state index contributed by atoms with van der Waals surface area (Å²) < 4.78 is 4.60. The van der Waals surface area contributed by atoms with Gasteiger partial charge in [0.2, 0.25) is 0 Å². The van der Waals surface area contributed by atoms with Gasteiger partial charge in [-0.1, -0.05) is 127 Å². The van der Waals surface area contributed by atoms with Crippen LogP contribution in [0.4, 0.5) is 0 Å². The van der Waals surface area contributed by atoms with Gasteiger partial charge in [0.15, 0.2) is 0 Å². The Hall–Kier alpha value is -6.37. The Labute approximate surface area is 266 Å². The highest BCUT2D eigenvalue weighted by molar-refractivity contribution is 6.10. The number of aromatic nitrogens is 2. The number of nitrogens with zero attached hydrogens (tertiary/aromatic N) is 3. The highest BCUT2D eigenvalue weighted by Gasteiger charge is 2.18. The molecule has 214 valence electrons. The molecule has 9 rings (SSSR count). The lowest BCUT2D eigenvalue weighted by Crippen LogP contribution is -1.99. The van der Waals surface area contributed by atoms with Gasteiger partial charge in [-0.2, -0.15) is 5.26 Å². The van der Waals surface area contributed by atoms with Gasteiger partial charge in [0, 0.05) is 32.7 Å². The molecule has 7 aromatic carbocycles. The van der Waals surface area contributed by atoms with Gasteiger partial charge in [-0.05, 0) is 47.5 Å². The maximum atomic E-state index is 10.6. The molecule has 0 spiro atoms. The molecule has 9 aromatic rings. The van der Waals surface area contributed by atoms with Crippen molar-refractivity contribution in [1.29, 1.82) is 5.26 Å². The van der Waals surface area contributed by atoms with E-state index in [4.69, 9.17) is 0 Å². The van der Waals surface area contributed by atoms with Gasteiger partial charge in [-0.15, -0.1) is 0 Å². The van der Waals surface area contributed by atoms with E-state index < -0.39 is 0 Å². The van der Waals surface area contributed by atoms with E-state index in [1.165, 1.54) is 32.6 Å². The molecule has 0 saturated heterocycles. The fraction of sp³-hybridized carbons (Fsp3) is 0. The zero-order valence-corrected chi connectivity index (χ0v) is 24.9. The average Bonchev–Trinajstić information content (AvgIpc) is 3.64. The van der Waals surface area contributed by atoms with Gasteiger partial charge in [-0.3, -0.25) is 0 Å². The summed E-state index contributed by atoms with van der Waals surface area (Å²) in [6.45, 7) is 0. The first-order valence-corrected chi connectivity index (χ1v) is 15.5. The maximum absolute atomic E-state index is 10.6. The Morgan fingerprint density at radius 3 is 1.22 bits per heavy atom. The number of para-hydroxylation sites is 5. The minimum Gasteiger partial charge on any atom is -0.309 e. The van der Waals surface area contributed by atoms with Crippen molar-refractivity contribution in [2.24, 2.45) is 0 Å². The number of hydrogen-bond acceptors (Lipinski definition) is 1. The molecule has 0 unspecified atom stereocenters. The van der Waals surface area contributed by atoms with Gasteiger partial charge in [0.1, 0.15) is 6.07 Å². The molecule has 3 heteroatoms. The minimum absolute atomic E-state index is 0.660. The van der Waals surface area contributed by atoms with Gasteiger partial charge < -0.3 is 9.13 Å². The third-order valence-electron chi connectivity index (χ3n) is 9.21. The third kappa shape index (κ3) is 3.84. The molecule has 0 fully saturated rings. The molecule has 0 atom stereocenters. The number of rotatable bonds is 4. The monoisotopic (exact) mass is 585 g/mol. The van der Waals surface area contributed by atoms with Crippen LogP contribution in [-0.4, -0.2) is 9.13 Å². The van der Waals surface area contributed by atoms with E-state index in [-0.39, 0.29) is 0 Å². The van der Waals surface area contributed by atoms with Crippen molar-refractivity contribution in [2.75, 3.05) is 0 Å². The van der Waals surface area contributed by atoms with Gasteiger partial charge in [0.05, 0.1) is 39.0 Å². The van der Waals surface area contributed by atoms with Crippen LogP contribution in [0, 0.1) is 11.3 Å². The Morgan fingerprint density at radius 1 is 0.348 bits per heavy atom. The predicted molar refractivity (Wildman–Crippen MR) is 191 cm³/mol. The molecular weight excluding hydrogens is 558 g/mol. The lowest BCUT2D eigenvalue weighted by atomic mass is 9.95. The fourth-order valence-corrected chi connectivity index (χ4v) is 7.19. The van der Waals surface area contributed by atoms with Gasteiger partial charge in [-0.25, -0.2) is 0 Å². The van der Waals surface area contributed by atoms with Crippen molar-refractivity contribution in [1.82, 2.24) is 9.13 Å². The van der Waals surface area contributed by atoms with Crippen LogP contribution >= 0.6 is 0 Å². The summed E-state index contributed by atoms with van der Waals surface area (Å²) >= 11 is 0. The molecule has 0 aliphatic rings. The molecule has 0 bridgehead atoms. The number of benzene rings is 7. The van der Waals surface area contributed by atoms with E-state index in [0.29, 0.717) is 5.56 Å². The molecule has 0 N–H and O–H groups in total. The van der Waals surface area contributed by atoms with Crippen LogP contribution in [-0.2, 0) is 0 Å². The standard InChI is InChI=1S/C43H27N3/c44-28-37-31(17-11-23-43(37)46-41-21-9-4-15-35(41)36-16-5-10-22-42(36)46)29-24-26-30(27-25-29)32-12-1-6-18-38(32)45-39-19-7-2-13-33(39)34-14-3-8-20-40(34)45/h1-27H. The number of hydrogen-bond donors (Lipinski definition) is 0. The van der Waals surface area contributed by atoms with E-state index in [2.05, 4.69) is 179 Å². The predicted octanol–water partition coefficient (Wildman–Crippen LogP) is 11.1. The Kier molecular flexibility index (Phi) is 5.88. The van der Waals surface area contributed by atoms with Crippen LogP contribution in [0.2, 0.25) is 0 Å². The summed E-state index contributed by atoms with van der Waals surface area (Å²) in [7, 11) is 0. The third-order valence-corrected chi connectivity index (χ3v) is 9.21. The Morgan fingerprint density at radius 2 is 0.717 bits per heavy atom. The van der Waals surface area contributed by atoms with E-state index in [1.54, 1.807) is 0 Å². The molecule has 0 aliphatic heterocycles. The Bertz CT molecular complexity index is 2540. The van der Waals surface area contributed by atoms with Gasteiger partial charge >= 0.3 is 0 Å². The van der Waals surface area contributed by atoms with Crippen molar-refractivity contribution in [3.63, 3.8) is 0 Å². The van der Waals surface area contributed by atoms with E-state index in [9.17, 15) is 5.26 Å². The fourth-order valence-electron chi connectivity index (χ4n) is 7.19. The first-order valence-electron chi connectivity index (χ1n) is 15.5. The summed E-state index contributed by atoms with van der Waals surface area (Å²) in [6.07, 6.45) is 0. The highest BCUT2D eigenvalue weighted by atomic mass is 15.0. The second-order valence-corrected chi connectivity index (χ2v) is 11.6. The molecule has 0 amide bonds. The minimum atomic E-state index is 0.660. The largest absolute Gasteiger partial charge is 0.309 e. The lowest BCUT2D eigenvalue weighted by Gasteiger charge is -2.15. The quantitative estimate of drug-likeness (QED) is 0.202. The maximum Gasteiger partial charge on any atom is 0.102 e. The van der Waals surface area contributed by atoms with Crippen LogP contribution in [0.15, 0.2) is 164 Å². The van der Waals surface area contributed by atoms with E-state index >= 15 is 0 Å². The zero-order valence-electron chi connectivity index (χ0n) is 24.9. The zero-order chi connectivity index (χ0) is 30.6. The van der Waals surface area contributed by atoms with Crippen LogP contribution in [0.25, 0.3) is 77.2 Å². The molecule has 2 heterocycles. The molecule has 2 aromatic heterocycles. The molecule has 0 aliphatic carbocycles. The molecule has 0 radical (unpaired) electrons. The topological polar surface area (TPSA) is 33.6 Å². The first kappa shape index (κ1) is 26.1. The van der Waals surface area contributed by atoms with Gasteiger partial charge in [0.25, 0.3) is 0 Å². The van der Waals surface area contributed by atoms with Crippen molar-refractivity contribution >= 4 is 43.6 Å². The lowest BCUT2D eigenvalue weighted by molar-refractivity contribution is 1.17. The Balaban J connectivity index is 1.18. The van der Waals surface area contributed by atoms with Crippen molar-refractivity contribution in [3.05, 3.63) is 169 Å². The normalized spacial score (nSPS) is 11.5. The van der Waals surface area contributed by atoms with Crippen LogP contribution in [0.1, 0.15) is 5.56 Å². The molecule has 46 heavy (non-hydrogen) atoms. The first-order chi connectivity index (χ1) is 22.8. The summed E-state index contributed by atoms with van der Waals surface area (Å²) in [5, 5.41) is 15.4. The van der Waals surface area contributed by atoms with Crippen LogP contribution < -0.4 is 0 Å². The molecule has 3 nitrogen and oxygen atoms in total. The molecule has 0 saturated carbocycles. The van der Waals surface area contributed by atoms with E-state index in [0.717, 1.165) is 44.7 Å². The number of nitriles is 1. The van der Waals surface area contributed by atoms with Crippen molar-refractivity contribution in [3.8, 4) is 39.7 Å². The SMILES string of the molecule is N#Cc1c(-c2ccc(-c3ccccc3-n3c4ccccc4c4ccccc43)cc2)cccc1-n1c2ccccc2c2ccccc21. The summed E-state index contributed by atoms with van der Waals surface area (Å²) in [5.41, 5.74) is 11.5. The summed E-state index contributed by atoms with van der Waals surface area (Å²) in [4.78, 5) is 0. The molecular formula is C43H27N3. The average molecular weight is 586 g/mol. The second kappa shape index (κ2) is 10.4. The second-order valence-electron chi connectivity index (χ2n) is 11.6. The smallest absolute Gasteiger partial charge is 0.102 e.